The molecule has 0 heteroatoms. The van der Waals surface area contributed by atoms with Gasteiger partial charge in [0.1, 0.15) is 0 Å². The van der Waals surface area contributed by atoms with Crippen LogP contribution in [0.1, 0.15) is 20.3 Å². The van der Waals surface area contributed by atoms with E-state index in [1.807, 2.05) is 0 Å². The fourth-order valence-corrected chi connectivity index (χ4v) is 1.25. The summed E-state index contributed by atoms with van der Waals surface area (Å²) < 4.78 is 0. The minimum atomic E-state index is 0.281. The van der Waals surface area contributed by atoms with E-state index in [0.717, 1.165) is 6.42 Å². The van der Waals surface area contributed by atoms with Gasteiger partial charge < -0.3 is 0 Å². The minimum Gasteiger partial charge on any atom is -0.0908 e. The number of allylic oxidation sites excluding steroid dienone is 6. The van der Waals surface area contributed by atoms with Crippen LogP contribution in [0, 0.1) is 5.41 Å². The maximum absolute atomic E-state index is 2.24. The van der Waals surface area contributed by atoms with Crippen LogP contribution in [0.2, 0.25) is 0 Å². The molecule has 0 aliphatic heterocycles. The molecule has 0 saturated heterocycles. The van der Waals surface area contributed by atoms with Crippen LogP contribution in [0.3, 0.4) is 0 Å². The zero-order valence-corrected chi connectivity index (χ0v) is 6.67. The first kappa shape index (κ1) is 7.33. The predicted molar refractivity (Wildman–Crippen MR) is 45.8 cm³/mol. The molecule has 0 amide bonds. The fraction of sp³-hybridized carbons (Fsp3) is 0.400. The average Bonchev–Trinajstić information content (AvgIpc) is 1.89. The highest BCUT2D eigenvalue weighted by Crippen LogP contribution is 2.28. The average molecular weight is 134 g/mol. The number of rotatable bonds is 1. The van der Waals surface area contributed by atoms with Crippen molar-refractivity contribution in [1.82, 2.24) is 0 Å². The van der Waals surface area contributed by atoms with Crippen LogP contribution in [0.4, 0.5) is 0 Å². The Labute approximate surface area is 62.9 Å². The Morgan fingerprint density at radius 3 is 2.70 bits per heavy atom. The molecule has 10 heavy (non-hydrogen) atoms. The summed E-state index contributed by atoms with van der Waals surface area (Å²) in [6.07, 6.45) is 14.2. The van der Waals surface area contributed by atoms with Crippen molar-refractivity contribution in [3.05, 3.63) is 36.5 Å². The molecule has 0 radical (unpaired) electrons. The molecule has 0 spiro atoms. The summed E-state index contributed by atoms with van der Waals surface area (Å²) >= 11 is 0. The molecule has 0 fully saturated rings. The fourth-order valence-electron chi connectivity index (χ4n) is 1.25. The van der Waals surface area contributed by atoms with Gasteiger partial charge in [0.05, 0.1) is 0 Å². The predicted octanol–water partition coefficient (Wildman–Crippen LogP) is 3.08. The van der Waals surface area contributed by atoms with Gasteiger partial charge in [0.2, 0.25) is 0 Å². The molecule has 1 unspecified atom stereocenters. The van der Waals surface area contributed by atoms with Gasteiger partial charge in [-0.05, 0) is 13.3 Å². The van der Waals surface area contributed by atoms with Gasteiger partial charge in [-0.3, -0.25) is 0 Å². The highest BCUT2D eigenvalue weighted by atomic mass is 14.2. The van der Waals surface area contributed by atoms with E-state index < -0.39 is 0 Å². The lowest BCUT2D eigenvalue weighted by molar-refractivity contribution is 0.556. The summed E-state index contributed by atoms with van der Waals surface area (Å²) in [5.41, 5.74) is 0.281. The Morgan fingerprint density at radius 2 is 2.20 bits per heavy atom. The van der Waals surface area contributed by atoms with E-state index in [2.05, 4.69) is 50.3 Å². The minimum absolute atomic E-state index is 0.281. The topological polar surface area (TPSA) is 0 Å². The second-order valence-electron chi connectivity index (χ2n) is 3.00. The lowest BCUT2D eigenvalue weighted by Gasteiger charge is -2.21. The van der Waals surface area contributed by atoms with Gasteiger partial charge in [0, 0.05) is 5.41 Å². The Bertz CT molecular complexity index is 184. The highest BCUT2D eigenvalue weighted by molar-refractivity contribution is 5.20. The first-order chi connectivity index (χ1) is 4.77. The first-order valence-corrected chi connectivity index (χ1v) is 3.75. The molecular weight excluding hydrogens is 120 g/mol. The number of hydrogen-bond acceptors (Lipinski definition) is 0. The van der Waals surface area contributed by atoms with Crippen molar-refractivity contribution >= 4 is 0 Å². The third-order valence-corrected chi connectivity index (χ3v) is 1.83. The SMILES string of the molecule is C/C=C/C1(C)C=CC=CC1. The first-order valence-electron chi connectivity index (χ1n) is 3.75. The molecule has 1 aliphatic rings. The van der Waals surface area contributed by atoms with Gasteiger partial charge in [-0.2, -0.15) is 0 Å². The maximum atomic E-state index is 2.24. The third kappa shape index (κ3) is 1.60. The van der Waals surface area contributed by atoms with Crippen LogP contribution in [-0.4, -0.2) is 0 Å². The molecule has 0 aromatic rings. The highest BCUT2D eigenvalue weighted by Gasteiger charge is 2.15. The molecule has 0 saturated carbocycles. The zero-order valence-electron chi connectivity index (χ0n) is 6.67. The van der Waals surface area contributed by atoms with Crippen molar-refractivity contribution in [2.75, 3.05) is 0 Å². The summed E-state index contributed by atoms with van der Waals surface area (Å²) in [6, 6.07) is 0. The molecular formula is C10H14. The van der Waals surface area contributed by atoms with Crippen molar-refractivity contribution in [1.29, 1.82) is 0 Å². The summed E-state index contributed by atoms with van der Waals surface area (Å²) in [5.74, 6) is 0. The summed E-state index contributed by atoms with van der Waals surface area (Å²) in [5, 5.41) is 0. The molecule has 54 valence electrons. The summed E-state index contributed by atoms with van der Waals surface area (Å²) in [6.45, 7) is 4.31. The van der Waals surface area contributed by atoms with Crippen molar-refractivity contribution in [3.8, 4) is 0 Å². The molecule has 1 rings (SSSR count). The molecule has 0 nitrogen and oxygen atoms in total. The van der Waals surface area contributed by atoms with Gasteiger partial charge >= 0.3 is 0 Å². The van der Waals surface area contributed by atoms with Crippen molar-refractivity contribution in [2.45, 2.75) is 20.3 Å². The molecule has 0 bridgehead atoms. The molecule has 1 aliphatic carbocycles. The third-order valence-electron chi connectivity index (χ3n) is 1.83. The van der Waals surface area contributed by atoms with Gasteiger partial charge in [-0.1, -0.05) is 43.4 Å². The normalized spacial score (nSPS) is 31.8. The van der Waals surface area contributed by atoms with Crippen LogP contribution in [0.15, 0.2) is 36.5 Å². The molecule has 0 aromatic heterocycles. The molecule has 1 atom stereocenters. The Hall–Kier alpha value is -0.780. The Balaban J connectivity index is 2.70. The van der Waals surface area contributed by atoms with Crippen LogP contribution in [0.5, 0.6) is 0 Å². The quantitative estimate of drug-likeness (QED) is 0.483. The molecule has 0 N–H and O–H groups in total. The van der Waals surface area contributed by atoms with E-state index >= 15 is 0 Å². The van der Waals surface area contributed by atoms with Gasteiger partial charge in [0.15, 0.2) is 0 Å². The van der Waals surface area contributed by atoms with E-state index in [9.17, 15) is 0 Å². The standard InChI is InChI=1S/C10H14/c1-3-7-10(2)8-5-4-6-9-10/h3-8H,9H2,1-2H3/b7-3+. The lowest BCUT2D eigenvalue weighted by atomic mass is 9.84. The van der Waals surface area contributed by atoms with Crippen LogP contribution in [-0.2, 0) is 0 Å². The number of hydrogen-bond donors (Lipinski definition) is 0. The van der Waals surface area contributed by atoms with E-state index in [4.69, 9.17) is 0 Å². The Morgan fingerprint density at radius 1 is 1.40 bits per heavy atom. The summed E-state index contributed by atoms with van der Waals surface area (Å²) in [4.78, 5) is 0. The second-order valence-corrected chi connectivity index (χ2v) is 3.00. The Kier molecular flexibility index (Phi) is 2.10. The smallest absolute Gasteiger partial charge is 0.00702 e. The van der Waals surface area contributed by atoms with Gasteiger partial charge in [0.25, 0.3) is 0 Å². The van der Waals surface area contributed by atoms with Crippen molar-refractivity contribution in [3.63, 3.8) is 0 Å². The van der Waals surface area contributed by atoms with E-state index in [0.29, 0.717) is 0 Å². The van der Waals surface area contributed by atoms with E-state index in [1.165, 1.54) is 0 Å². The monoisotopic (exact) mass is 134 g/mol. The lowest BCUT2D eigenvalue weighted by Crippen LogP contribution is -2.09. The zero-order chi connectivity index (χ0) is 7.45. The molecule has 0 heterocycles. The van der Waals surface area contributed by atoms with Crippen LogP contribution >= 0.6 is 0 Å². The van der Waals surface area contributed by atoms with Gasteiger partial charge in [-0.25, -0.2) is 0 Å². The largest absolute Gasteiger partial charge is 0.0908 e. The van der Waals surface area contributed by atoms with E-state index in [1.54, 1.807) is 0 Å². The maximum Gasteiger partial charge on any atom is 0.00702 e. The summed E-state index contributed by atoms with van der Waals surface area (Å²) in [7, 11) is 0. The van der Waals surface area contributed by atoms with Crippen LogP contribution < -0.4 is 0 Å². The van der Waals surface area contributed by atoms with Crippen LogP contribution in [0.25, 0.3) is 0 Å². The molecule has 0 aromatic carbocycles. The van der Waals surface area contributed by atoms with Crippen molar-refractivity contribution < 1.29 is 0 Å². The van der Waals surface area contributed by atoms with E-state index in [-0.39, 0.29) is 5.41 Å². The van der Waals surface area contributed by atoms with Gasteiger partial charge in [-0.15, -0.1) is 0 Å². The second kappa shape index (κ2) is 2.87. The van der Waals surface area contributed by atoms with Crippen molar-refractivity contribution in [2.24, 2.45) is 5.41 Å².